The number of nitrogens with one attached hydrogen (secondary N) is 1. The van der Waals surface area contributed by atoms with Gasteiger partial charge < -0.3 is 9.32 Å². The van der Waals surface area contributed by atoms with Crippen LogP contribution in [0.5, 0.6) is 0 Å². The van der Waals surface area contributed by atoms with Crippen molar-refractivity contribution in [3.8, 4) is 22.6 Å². The molecule has 0 spiro atoms. The molecule has 7 nitrogen and oxygen atoms in total. The second-order valence-corrected chi connectivity index (χ2v) is 8.25. The zero-order chi connectivity index (χ0) is 23.3. The Labute approximate surface area is 191 Å². The number of rotatable bonds is 4. The largest absolute Gasteiger partial charge is 0.435 e. The molecule has 0 radical (unpaired) electrons. The summed E-state index contributed by atoms with van der Waals surface area (Å²) in [7, 11) is 0. The number of nitrogens with zero attached hydrogens (tertiary/aromatic N) is 2. The minimum atomic E-state index is -2.90. The van der Waals surface area contributed by atoms with E-state index in [0.717, 1.165) is 0 Å². The second-order valence-electron chi connectivity index (χ2n) is 7.81. The summed E-state index contributed by atoms with van der Waals surface area (Å²) in [6.07, 6.45) is -2.50. The maximum Gasteiger partial charge on any atom is 0.313 e. The molecule has 33 heavy (non-hydrogen) atoms. The van der Waals surface area contributed by atoms with Gasteiger partial charge in [-0.15, -0.1) is 0 Å². The zero-order valence-electron chi connectivity index (χ0n) is 17.0. The fraction of sp³-hybridized carbons (Fsp3) is 0.217. The van der Waals surface area contributed by atoms with Crippen molar-refractivity contribution in [2.24, 2.45) is 0 Å². The van der Waals surface area contributed by atoms with Gasteiger partial charge in [-0.3, -0.25) is 19.7 Å². The molecule has 0 aliphatic carbocycles. The minimum Gasteiger partial charge on any atom is -0.435 e. The van der Waals surface area contributed by atoms with Gasteiger partial charge in [-0.1, -0.05) is 17.7 Å². The number of aromatic nitrogens is 1. The Balaban J connectivity index is 1.51. The van der Waals surface area contributed by atoms with Gasteiger partial charge in [0.1, 0.15) is 11.7 Å². The highest BCUT2D eigenvalue weighted by Gasteiger charge is 2.39. The van der Waals surface area contributed by atoms with Crippen LogP contribution < -0.4 is 5.32 Å². The van der Waals surface area contributed by atoms with E-state index in [2.05, 4.69) is 10.3 Å². The highest BCUT2D eigenvalue weighted by atomic mass is 35.5. The molecule has 2 aliphatic heterocycles. The minimum absolute atomic E-state index is 0.154. The normalized spacial score (nSPS) is 18.1. The number of halogens is 3. The Kier molecular flexibility index (Phi) is 5.20. The monoisotopic (exact) mass is 471 g/mol. The Morgan fingerprint density at radius 1 is 1.09 bits per heavy atom. The molecule has 2 aliphatic rings. The van der Waals surface area contributed by atoms with Crippen molar-refractivity contribution in [2.75, 3.05) is 0 Å². The summed E-state index contributed by atoms with van der Waals surface area (Å²) in [5, 5.41) is 2.74. The van der Waals surface area contributed by atoms with Gasteiger partial charge in [-0.2, -0.15) is 8.78 Å². The number of oxazole rings is 1. The highest BCUT2D eigenvalue weighted by molar-refractivity contribution is 6.30. The van der Waals surface area contributed by atoms with Crippen molar-refractivity contribution in [2.45, 2.75) is 31.9 Å². The number of carbonyl (C=O) groups excluding carboxylic acids is 3. The molecule has 0 bridgehead atoms. The predicted molar refractivity (Wildman–Crippen MR) is 113 cm³/mol. The van der Waals surface area contributed by atoms with Gasteiger partial charge >= 0.3 is 6.43 Å². The Bertz CT molecular complexity index is 1290. The standard InChI is InChI=1S/C23H16ClF2N3O4/c24-14-4-1-11(2-5-14)19-18(28-22(33-19)20(25)26)12-3-6-15-13(9-12)10-29(23(15)32)16-7-8-17(30)27-21(16)31/h1-6,9,16,20H,7-8,10H2,(H,27,30,31). The number of hydrogen-bond acceptors (Lipinski definition) is 5. The molecule has 1 N–H and O–H groups in total. The maximum absolute atomic E-state index is 13.4. The molecule has 168 valence electrons. The summed E-state index contributed by atoms with van der Waals surface area (Å²) in [5.74, 6) is -1.74. The quantitative estimate of drug-likeness (QED) is 0.571. The van der Waals surface area contributed by atoms with E-state index in [-0.39, 0.29) is 42.7 Å². The van der Waals surface area contributed by atoms with Crippen LogP contribution in [0.2, 0.25) is 5.02 Å². The Hall–Kier alpha value is -3.59. The molecule has 3 aromatic rings. The second kappa shape index (κ2) is 8.08. The fourth-order valence-electron chi connectivity index (χ4n) is 4.14. The molecule has 1 aromatic heterocycles. The first-order valence-corrected chi connectivity index (χ1v) is 10.5. The summed E-state index contributed by atoms with van der Waals surface area (Å²) in [4.78, 5) is 42.0. The van der Waals surface area contributed by atoms with Crippen LogP contribution in [0.1, 0.15) is 41.1 Å². The molecule has 1 fully saturated rings. The zero-order valence-corrected chi connectivity index (χ0v) is 17.7. The van der Waals surface area contributed by atoms with Crippen LogP contribution in [0.15, 0.2) is 46.9 Å². The molecule has 3 amide bonds. The Morgan fingerprint density at radius 3 is 2.52 bits per heavy atom. The molecule has 1 atom stereocenters. The molecular weight excluding hydrogens is 456 g/mol. The highest BCUT2D eigenvalue weighted by Crippen LogP contribution is 2.38. The van der Waals surface area contributed by atoms with Crippen molar-refractivity contribution in [1.82, 2.24) is 15.2 Å². The van der Waals surface area contributed by atoms with E-state index in [1.165, 1.54) is 4.90 Å². The third-order valence-corrected chi connectivity index (χ3v) is 5.99. The lowest BCUT2D eigenvalue weighted by atomic mass is 10.0. The number of piperidine rings is 1. The van der Waals surface area contributed by atoms with Crippen LogP contribution in [-0.4, -0.2) is 33.6 Å². The molecule has 10 heteroatoms. The van der Waals surface area contributed by atoms with Crippen molar-refractivity contribution >= 4 is 29.3 Å². The van der Waals surface area contributed by atoms with Crippen LogP contribution in [0.4, 0.5) is 8.78 Å². The number of carbonyl (C=O) groups is 3. The lowest BCUT2D eigenvalue weighted by molar-refractivity contribution is -0.136. The number of alkyl halides is 2. The van der Waals surface area contributed by atoms with Crippen LogP contribution >= 0.6 is 11.6 Å². The predicted octanol–water partition coefficient (Wildman–Crippen LogP) is 4.36. The van der Waals surface area contributed by atoms with Crippen LogP contribution in [0, 0.1) is 0 Å². The first-order valence-electron chi connectivity index (χ1n) is 10.1. The topological polar surface area (TPSA) is 92.5 Å². The van der Waals surface area contributed by atoms with E-state index in [1.807, 2.05) is 0 Å². The average Bonchev–Trinajstić information content (AvgIpc) is 3.36. The molecular formula is C23H16ClF2N3O4. The summed E-state index contributed by atoms with van der Waals surface area (Å²) in [6, 6.07) is 10.7. The van der Waals surface area contributed by atoms with E-state index >= 15 is 0 Å². The Morgan fingerprint density at radius 2 is 1.82 bits per heavy atom. The van der Waals surface area contributed by atoms with Crippen molar-refractivity contribution in [3.05, 3.63) is 64.5 Å². The van der Waals surface area contributed by atoms with Crippen LogP contribution in [0.25, 0.3) is 22.6 Å². The fourth-order valence-corrected chi connectivity index (χ4v) is 4.27. The van der Waals surface area contributed by atoms with Crippen molar-refractivity contribution < 1.29 is 27.6 Å². The van der Waals surface area contributed by atoms with Gasteiger partial charge in [-0.05, 0) is 48.4 Å². The number of imide groups is 1. The van der Waals surface area contributed by atoms with E-state index in [1.54, 1.807) is 42.5 Å². The van der Waals surface area contributed by atoms with Crippen molar-refractivity contribution in [3.63, 3.8) is 0 Å². The summed E-state index contributed by atoms with van der Waals surface area (Å²) in [6.45, 7) is 0.157. The van der Waals surface area contributed by atoms with E-state index in [4.69, 9.17) is 16.0 Å². The van der Waals surface area contributed by atoms with E-state index in [9.17, 15) is 23.2 Å². The third-order valence-electron chi connectivity index (χ3n) is 5.73. The molecule has 1 saturated heterocycles. The number of fused-ring (bicyclic) bond motifs is 1. The summed E-state index contributed by atoms with van der Waals surface area (Å²) < 4.78 is 32.1. The smallest absolute Gasteiger partial charge is 0.313 e. The number of benzene rings is 2. The maximum atomic E-state index is 13.4. The number of hydrogen-bond donors (Lipinski definition) is 1. The molecule has 0 saturated carbocycles. The van der Waals surface area contributed by atoms with Crippen LogP contribution in [-0.2, 0) is 16.1 Å². The van der Waals surface area contributed by atoms with Gasteiger partial charge in [0.15, 0.2) is 5.76 Å². The molecule has 1 unspecified atom stereocenters. The molecule has 5 rings (SSSR count). The van der Waals surface area contributed by atoms with Crippen molar-refractivity contribution in [1.29, 1.82) is 0 Å². The van der Waals surface area contributed by atoms with Gasteiger partial charge in [0, 0.05) is 34.7 Å². The van der Waals surface area contributed by atoms with Gasteiger partial charge in [-0.25, -0.2) is 4.98 Å². The average molecular weight is 472 g/mol. The van der Waals surface area contributed by atoms with Gasteiger partial charge in [0.05, 0.1) is 0 Å². The summed E-state index contributed by atoms with van der Waals surface area (Å²) in [5.41, 5.74) is 2.27. The third kappa shape index (κ3) is 3.78. The van der Waals surface area contributed by atoms with E-state index in [0.29, 0.717) is 27.3 Å². The molecule has 2 aromatic carbocycles. The van der Waals surface area contributed by atoms with Crippen LogP contribution in [0.3, 0.4) is 0 Å². The lowest BCUT2D eigenvalue weighted by Gasteiger charge is -2.29. The summed E-state index contributed by atoms with van der Waals surface area (Å²) >= 11 is 5.94. The SMILES string of the molecule is O=C1CCC(N2Cc3cc(-c4nc(C(F)F)oc4-c4ccc(Cl)cc4)ccc3C2=O)C(=O)N1. The first-order chi connectivity index (χ1) is 15.8. The van der Waals surface area contributed by atoms with Gasteiger partial charge in [0.2, 0.25) is 11.8 Å². The number of amides is 3. The molecule has 3 heterocycles. The van der Waals surface area contributed by atoms with E-state index < -0.39 is 24.3 Å². The first kappa shape index (κ1) is 21.3. The van der Waals surface area contributed by atoms with Gasteiger partial charge in [0.25, 0.3) is 11.8 Å². The lowest BCUT2D eigenvalue weighted by Crippen LogP contribution is -2.52.